The molecule has 0 spiro atoms. The molecule has 0 bridgehead atoms. The highest BCUT2D eigenvalue weighted by Crippen LogP contribution is 2.29. The molecule has 9 heteroatoms. The number of carbonyl (C=O) groups is 1. The van der Waals surface area contributed by atoms with Crippen molar-refractivity contribution >= 4 is 38.7 Å². The highest BCUT2D eigenvalue weighted by Gasteiger charge is 2.25. The van der Waals surface area contributed by atoms with Crippen molar-refractivity contribution in [2.75, 3.05) is 19.4 Å². The van der Waals surface area contributed by atoms with E-state index in [2.05, 4.69) is 10.3 Å². The molecule has 33 heavy (non-hydrogen) atoms. The van der Waals surface area contributed by atoms with Crippen molar-refractivity contribution in [2.45, 2.75) is 16.5 Å². The molecule has 0 unspecified atom stereocenters. The van der Waals surface area contributed by atoms with Gasteiger partial charge in [0, 0.05) is 6.54 Å². The zero-order chi connectivity index (χ0) is 23.3. The minimum Gasteiger partial charge on any atom is -0.497 e. The number of rotatable bonds is 9. The molecular weight excluding hydrogens is 458 g/mol. The average molecular weight is 482 g/mol. The molecule has 0 aliphatic carbocycles. The van der Waals surface area contributed by atoms with Gasteiger partial charge in [0.25, 0.3) is 10.0 Å². The van der Waals surface area contributed by atoms with Gasteiger partial charge in [-0.05, 0) is 48.4 Å². The number of nitrogens with one attached hydrogen (secondary N) is 1. The van der Waals surface area contributed by atoms with E-state index in [1.165, 1.54) is 23.2 Å². The Labute approximate surface area is 196 Å². The van der Waals surface area contributed by atoms with Crippen LogP contribution in [-0.4, -0.2) is 42.7 Å². The quantitative estimate of drug-likeness (QED) is 0.367. The van der Waals surface area contributed by atoms with E-state index in [0.717, 1.165) is 23.7 Å². The van der Waals surface area contributed by atoms with Gasteiger partial charge in [-0.1, -0.05) is 54.2 Å². The maximum absolute atomic E-state index is 13.5. The van der Waals surface area contributed by atoms with Crippen LogP contribution in [0.3, 0.4) is 0 Å². The van der Waals surface area contributed by atoms with Crippen LogP contribution in [0.25, 0.3) is 11.0 Å². The monoisotopic (exact) mass is 481 g/mol. The molecule has 7 nitrogen and oxygen atoms in total. The molecule has 0 aliphatic rings. The first-order chi connectivity index (χ1) is 16.0. The molecule has 170 valence electrons. The summed E-state index contributed by atoms with van der Waals surface area (Å²) in [5.74, 6) is 0.429. The van der Waals surface area contributed by atoms with Gasteiger partial charge in [-0.25, -0.2) is 17.4 Å². The van der Waals surface area contributed by atoms with Crippen molar-refractivity contribution in [2.24, 2.45) is 0 Å². The molecule has 0 radical (unpaired) electrons. The number of imidazole rings is 1. The largest absolute Gasteiger partial charge is 0.497 e. The van der Waals surface area contributed by atoms with Gasteiger partial charge in [-0.2, -0.15) is 0 Å². The van der Waals surface area contributed by atoms with Gasteiger partial charge >= 0.3 is 0 Å². The number of carbonyl (C=O) groups excluding carboxylic acids is 1. The zero-order valence-electron chi connectivity index (χ0n) is 18.0. The first-order valence-corrected chi connectivity index (χ1v) is 12.7. The third-order valence-electron chi connectivity index (χ3n) is 5.00. The molecule has 1 heterocycles. The topological polar surface area (TPSA) is 90.3 Å². The van der Waals surface area contributed by atoms with Gasteiger partial charge in [-0.15, -0.1) is 0 Å². The number of benzene rings is 3. The van der Waals surface area contributed by atoms with E-state index in [4.69, 9.17) is 4.74 Å². The number of hydrogen-bond donors (Lipinski definition) is 1. The number of amides is 1. The molecule has 1 amide bonds. The fourth-order valence-corrected chi connectivity index (χ4v) is 5.87. The standard InChI is InChI=1S/C24H23N3O4S2/c1-31-19-11-13-20(14-12-19)33(29,30)27-22-10-6-5-9-21(22)26-24(27)32-17-23(28)25-16-15-18-7-3-2-4-8-18/h2-14H,15-17H2,1H3,(H,25,28). The molecule has 4 aromatic rings. The summed E-state index contributed by atoms with van der Waals surface area (Å²) >= 11 is 1.09. The lowest BCUT2D eigenvalue weighted by atomic mass is 10.1. The van der Waals surface area contributed by atoms with Gasteiger partial charge in [0.2, 0.25) is 5.91 Å². The maximum Gasteiger partial charge on any atom is 0.270 e. The van der Waals surface area contributed by atoms with Crippen molar-refractivity contribution in [1.29, 1.82) is 0 Å². The predicted octanol–water partition coefficient (Wildman–Crippen LogP) is 3.73. The zero-order valence-corrected chi connectivity index (χ0v) is 19.6. The van der Waals surface area contributed by atoms with Crippen LogP contribution >= 0.6 is 11.8 Å². The van der Waals surface area contributed by atoms with Gasteiger partial charge in [0.1, 0.15) is 5.75 Å². The second kappa shape index (κ2) is 10.1. The molecule has 1 N–H and O–H groups in total. The van der Waals surface area contributed by atoms with E-state index in [-0.39, 0.29) is 21.7 Å². The lowest BCUT2D eigenvalue weighted by molar-refractivity contribution is -0.118. The Balaban J connectivity index is 1.53. The number of fused-ring (bicyclic) bond motifs is 1. The SMILES string of the molecule is COc1ccc(S(=O)(=O)n2c(SCC(=O)NCCc3ccccc3)nc3ccccc32)cc1. The molecule has 0 saturated heterocycles. The van der Waals surface area contributed by atoms with Crippen molar-refractivity contribution in [3.63, 3.8) is 0 Å². The van der Waals surface area contributed by atoms with Crippen LogP contribution < -0.4 is 10.1 Å². The highest BCUT2D eigenvalue weighted by molar-refractivity contribution is 8.00. The van der Waals surface area contributed by atoms with Crippen LogP contribution in [-0.2, 0) is 21.2 Å². The van der Waals surface area contributed by atoms with Crippen molar-refractivity contribution in [3.8, 4) is 5.75 Å². The van der Waals surface area contributed by atoms with Gasteiger partial charge in [0.05, 0.1) is 28.8 Å². The van der Waals surface area contributed by atoms with Crippen LogP contribution in [0.4, 0.5) is 0 Å². The van der Waals surface area contributed by atoms with Crippen LogP contribution in [0, 0.1) is 0 Å². The lowest BCUT2D eigenvalue weighted by Crippen LogP contribution is -2.27. The Bertz CT molecular complexity index is 1350. The Hall–Kier alpha value is -3.30. The van der Waals surface area contributed by atoms with Crippen molar-refractivity contribution in [1.82, 2.24) is 14.3 Å². The fraction of sp³-hybridized carbons (Fsp3) is 0.167. The Morgan fingerprint density at radius 1 is 1.00 bits per heavy atom. The number of nitrogens with zero attached hydrogens (tertiary/aromatic N) is 2. The van der Waals surface area contributed by atoms with Crippen LogP contribution in [0.2, 0.25) is 0 Å². The summed E-state index contributed by atoms with van der Waals surface area (Å²) in [5, 5.41) is 3.12. The Kier molecular flexibility index (Phi) is 7.00. The Morgan fingerprint density at radius 2 is 1.70 bits per heavy atom. The van der Waals surface area contributed by atoms with Crippen LogP contribution in [0.1, 0.15) is 5.56 Å². The van der Waals surface area contributed by atoms with E-state index >= 15 is 0 Å². The summed E-state index contributed by atoms with van der Waals surface area (Å²) < 4.78 is 33.3. The highest BCUT2D eigenvalue weighted by atomic mass is 32.2. The average Bonchev–Trinajstić information content (AvgIpc) is 3.23. The minimum atomic E-state index is -3.93. The Morgan fingerprint density at radius 3 is 2.42 bits per heavy atom. The summed E-state index contributed by atoms with van der Waals surface area (Å²) in [6.45, 7) is 0.504. The smallest absolute Gasteiger partial charge is 0.270 e. The number of aromatic nitrogens is 2. The van der Waals surface area contributed by atoms with Crippen molar-refractivity contribution in [3.05, 3.63) is 84.4 Å². The predicted molar refractivity (Wildman–Crippen MR) is 129 cm³/mol. The normalized spacial score (nSPS) is 11.4. The van der Waals surface area contributed by atoms with Gasteiger partial charge < -0.3 is 10.1 Å². The number of hydrogen-bond acceptors (Lipinski definition) is 6. The summed E-state index contributed by atoms with van der Waals surface area (Å²) in [6.07, 6.45) is 0.724. The number of methoxy groups -OCH3 is 1. The molecule has 0 aliphatic heterocycles. The summed E-state index contributed by atoms with van der Waals surface area (Å²) in [4.78, 5) is 17.0. The molecule has 0 saturated carbocycles. The lowest BCUT2D eigenvalue weighted by Gasteiger charge is -2.11. The minimum absolute atomic E-state index is 0.0518. The second-order valence-electron chi connectivity index (χ2n) is 7.20. The summed E-state index contributed by atoms with van der Waals surface area (Å²) in [7, 11) is -2.41. The molecule has 0 fully saturated rings. The first kappa shape index (κ1) is 22.9. The molecule has 1 aromatic heterocycles. The van der Waals surface area contributed by atoms with E-state index in [1.54, 1.807) is 36.4 Å². The third kappa shape index (κ3) is 5.20. The molecule has 3 aromatic carbocycles. The fourth-order valence-electron chi connectivity index (χ4n) is 3.33. The van der Waals surface area contributed by atoms with Gasteiger partial charge in [0.15, 0.2) is 5.16 Å². The molecule has 4 rings (SSSR count). The maximum atomic E-state index is 13.5. The molecular formula is C24H23N3O4S2. The van der Waals surface area contributed by atoms with E-state index < -0.39 is 10.0 Å². The summed E-state index contributed by atoms with van der Waals surface area (Å²) in [5.41, 5.74) is 2.14. The van der Waals surface area contributed by atoms with Crippen LogP contribution in [0.15, 0.2) is 88.9 Å². The third-order valence-corrected chi connectivity index (χ3v) is 7.77. The van der Waals surface area contributed by atoms with E-state index in [0.29, 0.717) is 23.3 Å². The van der Waals surface area contributed by atoms with E-state index in [1.807, 2.05) is 30.3 Å². The summed E-state index contributed by atoms with van der Waals surface area (Å²) in [6, 6.07) is 23.1. The van der Waals surface area contributed by atoms with Gasteiger partial charge in [-0.3, -0.25) is 4.79 Å². The number of para-hydroxylation sites is 2. The van der Waals surface area contributed by atoms with Crippen LogP contribution in [0.5, 0.6) is 5.75 Å². The second-order valence-corrected chi connectivity index (χ2v) is 9.93. The number of thioether (sulfide) groups is 1. The number of ether oxygens (including phenoxy) is 1. The first-order valence-electron chi connectivity index (χ1n) is 10.3. The van der Waals surface area contributed by atoms with Crippen molar-refractivity contribution < 1.29 is 17.9 Å². The van der Waals surface area contributed by atoms with E-state index in [9.17, 15) is 13.2 Å². The molecule has 0 atom stereocenters.